The molecule has 1 fully saturated rings. The molecular weight excluding hydrogens is 382 g/mol. The van der Waals surface area contributed by atoms with Crippen LogP contribution in [0.3, 0.4) is 0 Å². The number of carbonyl (C=O) groups excluding carboxylic acids is 2. The molecule has 8 heteroatoms. The molecule has 1 aromatic heterocycles. The number of allylic oxidation sites excluding steroid dienone is 3. The molecule has 2 amide bonds. The Labute approximate surface area is 176 Å². The van der Waals surface area contributed by atoms with Gasteiger partial charge in [0.05, 0.1) is 18.3 Å². The quantitative estimate of drug-likeness (QED) is 0.568. The summed E-state index contributed by atoms with van der Waals surface area (Å²) in [5, 5.41) is 10.9. The standard InChI is InChI=1S/C22H29N5O3/c1-3-18(28)25-11-15-8-9-24-22-19(21(23)29)20(26-27(15)22)17-7-6-16(10-13(17)2)30-12-14-4-5-14/h3,6-7,10,13-15,17,24H,1,4-5,8-9,11-12H2,2H3,(H2,23,29)(H,25,28). The maximum absolute atomic E-state index is 12.4. The minimum absolute atomic E-state index is 0.0622. The van der Waals surface area contributed by atoms with E-state index in [0.29, 0.717) is 36.1 Å². The van der Waals surface area contributed by atoms with Gasteiger partial charge in [-0.15, -0.1) is 0 Å². The second kappa shape index (κ2) is 8.38. The summed E-state index contributed by atoms with van der Waals surface area (Å²) >= 11 is 0. The molecule has 8 nitrogen and oxygen atoms in total. The fourth-order valence-corrected chi connectivity index (χ4v) is 4.05. The van der Waals surface area contributed by atoms with Gasteiger partial charge >= 0.3 is 0 Å². The van der Waals surface area contributed by atoms with Gasteiger partial charge in [-0.1, -0.05) is 19.6 Å². The number of nitrogens with one attached hydrogen (secondary N) is 2. The summed E-state index contributed by atoms with van der Waals surface area (Å²) in [6.07, 6.45) is 10.6. The number of hydrogen-bond acceptors (Lipinski definition) is 5. The first-order valence-corrected chi connectivity index (χ1v) is 10.6. The molecular formula is C22H29N5O3. The van der Waals surface area contributed by atoms with E-state index in [1.165, 1.54) is 18.9 Å². The van der Waals surface area contributed by atoms with E-state index in [0.717, 1.165) is 18.8 Å². The van der Waals surface area contributed by atoms with Crippen molar-refractivity contribution in [1.29, 1.82) is 0 Å². The van der Waals surface area contributed by atoms with Gasteiger partial charge in [0.15, 0.2) is 0 Å². The number of nitrogens with two attached hydrogens (primary N) is 1. The predicted octanol–water partition coefficient (Wildman–Crippen LogP) is 2.24. The number of hydrogen-bond donors (Lipinski definition) is 3. The van der Waals surface area contributed by atoms with Crippen molar-refractivity contribution in [2.75, 3.05) is 25.0 Å². The maximum Gasteiger partial charge on any atom is 0.254 e. The molecule has 3 unspecified atom stereocenters. The van der Waals surface area contributed by atoms with Gasteiger partial charge in [-0.25, -0.2) is 4.68 Å². The molecule has 160 valence electrons. The Bertz CT molecular complexity index is 912. The molecule has 0 bridgehead atoms. The van der Waals surface area contributed by atoms with Crippen molar-refractivity contribution < 1.29 is 14.3 Å². The van der Waals surface area contributed by atoms with Crippen LogP contribution in [0.5, 0.6) is 0 Å². The second-order valence-electron chi connectivity index (χ2n) is 8.30. The molecule has 1 saturated carbocycles. The van der Waals surface area contributed by atoms with Crippen molar-refractivity contribution in [3.8, 4) is 0 Å². The first-order chi connectivity index (χ1) is 14.5. The largest absolute Gasteiger partial charge is 0.494 e. The number of rotatable bonds is 8. The Balaban J connectivity index is 1.58. The number of aromatic nitrogens is 2. The summed E-state index contributed by atoms with van der Waals surface area (Å²) in [6.45, 7) is 7.42. The van der Waals surface area contributed by atoms with E-state index in [9.17, 15) is 9.59 Å². The third kappa shape index (κ3) is 4.13. The Hall–Kier alpha value is -3.03. The zero-order chi connectivity index (χ0) is 21.3. The van der Waals surface area contributed by atoms with E-state index in [2.05, 4.69) is 30.2 Å². The monoisotopic (exact) mass is 411 g/mol. The molecule has 0 radical (unpaired) electrons. The highest BCUT2D eigenvalue weighted by Crippen LogP contribution is 2.38. The maximum atomic E-state index is 12.4. The highest BCUT2D eigenvalue weighted by molar-refractivity contribution is 5.99. The molecule has 2 aliphatic carbocycles. The lowest BCUT2D eigenvalue weighted by molar-refractivity contribution is -0.116. The van der Waals surface area contributed by atoms with Crippen LogP contribution in [-0.4, -0.2) is 41.3 Å². The van der Waals surface area contributed by atoms with E-state index in [-0.39, 0.29) is 23.8 Å². The number of ether oxygens (including phenoxy) is 1. The zero-order valence-corrected chi connectivity index (χ0v) is 17.3. The predicted molar refractivity (Wildman–Crippen MR) is 114 cm³/mol. The van der Waals surface area contributed by atoms with Gasteiger partial charge in [0, 0.05) is 19.0 Å². The van der Waals surface area contributed by atoms with Crippen molar-refractivity contribution in [2.45, 2.75) is 38.1 Å². The first-order valence-electron chi connectivity index (χ1n) is 10.6. The second-order valence-corrected chi connectivity index (χ2v) is 8.30. The lowest BCUT2D eigenvalue weighted by Gasteiger charge is -2.26. The number of amides is 2. The van der Waals surface area contributed by atoms with E-state index >= 15 is 0 Å². The van der Waals surface area contributed by atoms with Gasteiger partial charge in [0.2, 0.25) is 5.91 Å². The van der Waals surface area contributed by atoms with Gasteiger partial charge in [-0.3, -0.25) is 9.59 Å². The number of anilines is 1. The van der Waals surface area contributed by atoms with Crippen LogP contribution < -0.4 is 16.4 Å². The van der Waals surface area contributed by atoms with Crippen LogP contribution >= 0.6 is 0 Å². The fraction of sp³-hybridized carbons (Fsp3) is 0.500. The van der Waals surface area contributed by atoms with Crippen molar-refractivity contribution in [3.05, 3.63) is 47.9 Å². The average Bonchev–Trinajstić information content (AvgIpc) is 3.48. The first kappa shape index (κ1) is 20.3. The SMILES string of the molecule is C=CC(=O)NCC1CCNc2c(C(N)=O)c(C3C=CC(OCC4CC4)=CC3C)nn21. The van der Waals surface area contributed by atoms with Crippen molar-refractivity contribution in [2.24, 2.45) is 17.6 Å². The fourth-order valence-electron chi connectivity index (χ4n) is 4.05. The number of carbonyl (C=O) groups is 2. The molecule has 3 aliphatic rings. The summed E-state index contributed by atoms with van der Waals surface area (Å²) in [4.78, 5) is 23.9. The minimum Gasteiger partial charge on any atom is -0.494 e. The van der Waals surface area contributed by atoms with Crippen molar-refractivity contribution in [3.63, 3.8) is 0 Å². The Morgan fingerprint density at radius 3 is 2.90 bits per heavy atom. The summed E-state index contributed by atoms with van der Waals surface area (Å²) in [7, 11) is 0. The van der Waals surface area contributed by atoms with Gasteiger partial charge in [-0.05, 0) is 49.3 Å². The van der Waals surface area contributed by atoms with Gasteiger partial charge in [0.25, 0.3) is 5.91 Å². The zero-order valence-electron chi connectivity index (χ0n) is 17.3. The Morgan fingerprint density at radius 1 is 1.43 bits per heavy atom. The van der Waals surface area contributed by atoms with Crippen LogP contribution in [0.2, 0.25) is 0 Å². The minimum atomic E-state index is -0.505. The molecule has 0 spiro atoms. The molecule has 1 aliphatic heterocycles. The van der Waals surface area contributed by atoms with Crippen LogP contribution in [0.25, 0.3) is 0 Å². The lowest BCUT2D eigenvalue weighted by atomic mass is 9.85. The molecule has 3 atom stereocenters. The Morgan fingerprint density at radius 2 is 2.23 bits per heavy atom. The average molecular weight is 412 g/mol. The highest BCUT2D eigenvalue weighted by atomic mass is 16.5. The molecule has 0 aromatic carbocycles. The molecule has 2 heterocycles. The van der Waals surface area contributed by atoms with E-state index in [4.69, 9.17) is 15.6 Å². The topological polar surface area (TPSA) is 111 Å². The Kier molecular flexibility index (Phi) is 5.65. The normalized spacial score (nSPS) is 25.0. The summed E-state index contributed by atoms with van der Waals surface area (Å²) in [5.74, 6) is 1.49. The molecule has 1 aromatic rings. The van der Waals surface area contributed by atoms with Crippen molar-refractivity contribution in [1.82, 2.24) is 15.1 Å². The molecule has 30 heavy (non-hydrogen) atoms. The molecule has 4 N–H and O–H groups in total. The van der Waals surface area contributed by atoms with Crippen LogP contribution in [-0.2, 0) is 9.53 Å². The van der Waals surface area contributed by atoms with Crippen LogP contribution in [0.15, 0.2) is 36.6 Å². The summed E-state index contributed by atoms with van der Waals surface area (Å²) in [6, 6.07) is -0.0622. The number of nitrogens with zero attached hydrogens (tertiary/aromatic N) is 2. The van der Waals surface area contributed by atoms with E-state index < -0.39 is 5.91 Å². The van der Waals surface area contributed by atoms with Gasteiger partial charge in [-0.2, -0.15) is 5.10 Å². The third-order valence-corrected chi connectivity index (χ3v) is 5.96. The number of fused-ring (bicyclic) bond motifs is 1. The molecule has 0 saturated heterocycles. The van der Waals surface area contributed by atoms with Crippen molar-refractivity contribution >= 4 is 17.6 Å². The smallest absolute Gasteiger partial charge is 0.254 e. The third-order valence-electron chi connectivity index (χ3n) is 5.96. The summed E-state index contributed by atoms with van der Waals surface area (Å²) in [5.41, 5.74) is 6.84. The van der Waals surface area contributed by atoms with Gasteiger partial charge < -0.3 is 21.1 Å². The lowest BCUT2D eigenvalue weighted by Crippen LogP contribution is -2.34. The van der Waals surface area contributed by atoms with Crippen LogP contribution in [0.1, 0.15) is 54.2 Å². The molecule has 4 rings (SSSR count). The highest BCUT2D eigenvalue weighted by Gasteiger charge is 2.34. The van der Waals surface area contributed by atoms with E-state index in [1.807, 2.05) is 12.2 Å². The number of primary amides is 1. The van der Waals surface area contributed by atoms with E-state index in [1.54, 1.807) is 4.68 Å². The van der Waals surface area contributed by atoms with Crippen LogP contribution in [0.4, 0.5) is 5.82 Å². The van der Waals surface area contributed by atoms with Gasteiger partial charge in [0.1, 0.15) is 17.1 Å². The van der Waals surface area contributed by atoms with Crippen LogP contribution in [0, 0.1) is 11.8 Å². The summed E-state index contributed by atoms with van der Waals surface area (Å²) < 4.78 is 7.70.